The van der Waals surface area contributed by atoms with Gasteiger partial charge in [-0.25, -0.2) is 18.4 Å². The van der Waals surface area contributed by atoms with E-state index in [9.17, 15) is 18.4 Å². The van der Waals surface area contributed by atoms with E-state index in [0.29, 0.717) is 0 Å². The first kappa shape index (κ1) is 15.8. The number of aliphatic hydroxyl groups excluding tert-OH is 1. The highest BCUT2D eigenvalue weighted by molar-refractivity contribution is 5.93. The molecule has 0 aliphatic rings. The predicted molar refractivity (Wildman–Crippen MR) is 67.1 cm³/mol. The van der Waals surface area contributed by atoms with Gasteiger partial charge in [-0.05, 0) is 18.2 Å². The number of amides is 2. The number of urea groups is 1. The van der Waals surface area contributed by atoms with Gasteiger partial charge in [0.1, 0.15) is 0 Å². The van der Waals surface area contributed by atoms with Crippen LogP contribution in [0.1, 0.15) is 10.4 Å². The molecule has 1 rings (SSSR count). The van der Waals surface area contributed by atoms with E-state index in [-0.39, 0.29) is 17.8 Å². The second-order valence-electron chi connectivity index (χ2n) is 3.88. The summed E-state index contributed by atoms with van der Waals surface area (Å²) in [6.45, 7) is -1.50. The maximum absolute atomic E-state index is 12.3. The summed E-state index contributed by atoms with van der Waals surface area (Å²) >= 11 is 0. The topological polar surface area (TPSA) is 89.9 Å². The number of hydrogen-bond acceptors (Lipinski definition) is 3. The van der Waals surface area contributed by atoms with Crippen LogP contribution in [0.15, 0.2) is 24.3 Å². The Morgan fingerprint density at radius 1 is 1.35 bits per heavy atom. The van der Waals surface area contributed by atoms with Crippen LogP contribution in [0, 0.1) is 0 Å². The molecule has 0 unspecified atom stereocenters. The van der Waals surface area contributed by atoms with Crippen molar-refractivity contribution in [2.45, 2.75) is 6.43 Å². The molecule has 0 aromatic heterocycles. The molecule has 1 aromatic carbocycles. The van der Waals surface area contributed by atoms with Crippen LogP contribution in [0.5, 0.6) is 0 Å². The summed E-state index contributed by atoms with van der Waals surface area (Å²) in [6.07, 6.45) is -2.72. The molecule has 6 nitrogen and oxygen atoms in total. The molecular formula is C12H14F2N2O4. The third-order valence-corrected chi connectivity index (χ3v) is 2.38. The lowest BCUT2D eigenvalue weighted by atomic mass is 10.2. The van der Waals surface area contributed by atoms with Gasteiger partial charge in [-0.1, -0.05) is 6.07 Å². The van der Waals surface area contributed by atoms with E-state index in [2.05, 4.69) is 5.32 Å². The molecule has 20 heavy (non-hydrogen) atoms. The molecule has 1 aromatic rings. The zero-order chi connectivity index (χ0) is 15.1. The smallest absolute Gasteiger partial charge is 0.335 e. The number of aliphatic hydroxyl groups is 1. The fraction of sp³-hybridized carbons (Fsp3) is 0.333. The minimum atomic E-state index is -2.72. The van der Waals surface area contributed by atoms with Crippen LogP contribution < -0.4 is 5.32 Å². The molecule has 0 atom stereocenters. The second-order valence-corrected chi connectivity index (χ2v) is 3.88. The van der Waals surface area contributed by atoms with Gasteiger partial charge in [0, 0.05) is 12.2 Å². The molecule has 0 fully saturated rings. The van der Waals surface area contributed by atoms with E-state index >= 15 is 0 Å². The van der Waals surface area contributed by atoms with Gasteiger partial charge < -0.3 is 20.4 Å². The lowest BCUT2D eigenvalue weighted by Crippen LogP contribution is -2.40. The average Bonchev–Trinajstić information content (AvgIpc) is 2.38. The maximum Gasteiger partial charge on any atom is 0.335 e. The maximum atomic E-state index is 12.3. The SMILES string of the molecule is O=C(O)c1cccc(NC(=O)N(CCO)CC(F)F)c1. The molecule has 2 amide bonds. The highest BCUT2D eigenvalue weighted by Gasteiger charge is 2.18. The number of hydrogen-bond donors (Lipinski definition) is 3. The number of carboxylic acids is 1. The Kier molecular flexibility index (Phi) is 5.85. The number of halogens is 2. The molecule has 3 N–H and O–H groups in total. The van der Waals surface area contributed by atoms with Crippen LogP contribution in [0.2, 0.25) is 0 Å². The molecule has 0 aliphatic heterocycles. The number of nitrogens with zero attached hydrogens (tertiary/aromatic N) is 1. The fourth-order valence-corrected chi connectivity index (χ4v) is 1.50. The predicted octanol–water partition coefficient (Wildman–Crippen LogP) is 1.48. The fourth-order valence-electron chi connectivity index (χ4n) is 1.50. The number of alkyl halides is 2. The lowest BCUT2D eigenvalue weighted by Gasteiger charge is -2.21. The van der Waals surface area contributed by atoms with E-state index in [4.69, 9.17) is 10.2 Å². The van der Waals surface area contributed by atoms with E-state index in [0.717, 1.165) is 4.90 Å². The third-order valence-electron chi connectivity index (χ3n) is 2.38. The summed E-state index contributed by atoms with van der Waals surface area (Å²) in [4.78, 5) is 23.3. The van der Waals surface area contributed by atoms with Gasteiger partial charge in [0.15, 0.2) is 0 Å². The van der Waals surface area contributed by atoms with Crippen molar-refractivity contribution in [1.82, 2.24) is 4.90 Å². The van der Waals surface area contributed by atoms with Crippen molar-refractivity contribution >= 4 is 17.7 Å². The number of carbonyl (C=O) groups is 2. The first-order chi connectivity index (χ1) is 9.43. The van der Waals surface area contributed by atoms with Crippen molar-refractivity contribution in [3.05, 3.63) is 29.8 Å². The van der Waals surface area contributed by atoms with Gasteiger partial charge in [-0.15, -0.1) is 0 Å². The number of rotatable bonds is 6. The molecule has 0 heterocycles. The molecule has 0 spiro atoms. The van der Waals surface area contributed by atoms with Crippen molar-refractivity contribution in [3.8, 4) is 0 Å². The Morgan fingerprint density at radius 2 is 2.05 bits per heavy atom. The van der Waals surface area contributed by atoms with Gasteiger partial charge in [-0.2, -0.15) is 0 Å². The van der Waals surface area contributed by atoms with Crippen LogP contribution in [0.25, 0.3) is 0 Å². The minimum Gasteiger partial charge on any atom is -0.478 e. The van der Waals surface area contributed by atoms with Crippen LogP contribution in [0.4, 0.5) is 19.3 Å². The largest absolute Gasteiger partial charge is 0.478 e. The molecule has 0 saturated heterocycles. The number of aromatic carboxylic acids is 1. The Morgan fingerprint density at radius 3 is 2.60 bits per heavy atom. The second kappa shape index (κ2) is 7.39. The zero-order valence-corrected chi connectivity index (χ0v) is 10.4. The normalized spacial score (nSPS) is 10.4. The standard InChI is InChI=1S/C12H14F2N2O4/c13-10(14)7-16(4-5-17)12(20)15-9-3-1-2-8(6-9)11(18)19/h1-3,6,10,17H,4-5,7H2,(H,15,20)(H,18,19). The third kappa shape index (κ3) is 4.81. The van der Waals surface area contributed by atoms with Gasteiger partial charge in [0.25, 0.3) is 6.43 Å². The summed E-state index contributed by atoms with van der Waals surface area (Å²) in [5, 5.41) is 19.8. The number of anilines is 1. The first-order valence-electron chi connectivity index (χ1n) is 5.72. The van der Waals surface area contributed by atoms with E-state index < -0.39 is 31.6 Å². The lowest BCUT2D eigenvalue weighted by molar-refractivity contribution is 0.0697. The number of carbonyl (C=O) groups excluding carboxylic acids is 1. The Balaban J connectivity index is 2.76. The highest BCUT2D eigenvalue weighted by Crippen LogP contribution is 2.12. The first-order valence-corrected chi connectivity index (χ1v) is 5.72. The van der Waals surface area contributed by atoms with E-state index in [1.807, 2.05) is 0 Å². The van der Waals surface area contributed by atoms with Gasteiger partial charge in [0.2, 0.25) is 0 Å². The molecule has 0 radical (unpaired) electrons. The molecule has 0 aliphatic carbocycles. The van der Waals surface area contributed by atoms with Crippen LogP contribution in [-0.2, 0) is 0 Å². The minimum absolute atomic E-state index is 0.0367. The van der Waals surface area contributed by atoms with Gasteiger partial charge in [0.05, 0.1) is 18.7 Å². The van der Waals surface area contributed by atoms with Gasteiger partial charge >= 0.3 is 12.0 Å². The Bertz CT molecular complexity index is 482. The summed E-state index contributed by atoms with van der Waals surface area (Å²) < 4.78 is 24.6. The van der Waals surface area contributed by atoms with Crippen molar-refractivity contribution < 1.29 is 28.6 Å². The van der Waals surface area contributed by atoms with Crippen LogP contribution in [-0.4, -0.2) is 53.2 Å². The molecule has 0 bridgehead atoms. The number of carboxylic acid groups (broad SMARTS) is 1. The Hall–Kier alpha value is -2.22. The average molecular weight is 288 g/mol. The number of nitrogens with one attached hydrogen (secondary N) is 1. The van der Waals surface area contributed by atoms with E-state index in [1.54, 1.807) is 0 Å². The molecule has 110 valence electrons. The van der Waals surface area contributed by atoms with E-state index in [1.165, 1.54) is 24.3 Å². The van der Waals surface area contributed by atoms with Crippen molar-refractivity contribution in [1.29, 1.82) is 0 Å². The Labute approximate surface area is 113 Å². The van der Waals surface area contributed by atoms with Crippen LogP contribution in [0.3, 0.4) is 0 Å². The van der Waals surface area contributed by atoms with Crippen molar-refractivity contribution in [2.75, 3.05) is 25.0 Å². The summed E-state index contributed by atoms with van der Waals surface area (Å²) in [5.74, 6) is -1.17. The summed E-state index contributed by atoms with van der Waals surface area (Å²) in [6, 6.07) is 4.57. The molecule has 0 saturated carbocycles. The number of benzene rings is 1. The quantitative estimate of drug-likeness (QED) is 0.739. The van der Waals surface area contributed by atoms with Gasteiger partial charge in [-0.3, -0.25) is 0 Å². The van der Waals surface area contributed by atoms with Crippen LogP contribution >= 0.6 is 0 Å². The van der Waals surface area contributed by atoms with Crippen molar-refractivity contribution in [3.63, 3.8) is 0 Å². The molecular weight excluding hydrogens is 274 g/mol. The summed E-state index contributed by atoms with van der Waals surface area (Å²) in [7, 11) is 0. The highest BCUT2D eigenvalue weighted by atomic mass is 19.3. The van der Waals surface area contributed by atoms with Crippen molar-refractivity contribution in [2.24, 2.45) is 0 Å². The summed E-state index contributed by atoms with van der Waals surface area (Å²) in [5.41, 5.74) is 0.137. The molecule has 8 heteroatoms. The monoisotopic (exact) mass is 288 g/mol. The zero-order valence-electron chi connectivity index (χ0n) is 10.4.